The van der Waals surface area contributed by atoms with Crippen LogP contribution >= 0.6 is 47.0 Å². The van der Waals surface area contributed by atoms with Crippen molar-refractivity contribution in [3.05, 3.63) is 24.3 Å². The van der Waals surface area contributed by atoms with Crippen molar-refractivity contribution in [2.75, 3.05) is 12.0 Å². The molecule has 0 aliphatic rings. The van der Waals surface area contributed by atoms with Crippen LogP contribution in [0, 0.1) is 0 Å². The highest BCUT2D eigenvalue weighted by atomic mass is 35.6. The van der Waals surface area contributed by atoms with Crippen molar-refractivity contribution < 1.29 is 14.3 Å². The summed E-state index contributed by atoms with van der Waals surface area (Å²) in [5, 5.41) is 16.8. The molecule has 0 saturated carbocycles. The summed E-state index contributed by atoms with van der Waals surface area (Å²) in [6, 6.07) is 6.31. The zero-order valence-electron chi connectivity index (χ0n) is 10.4. The molecule has 5 nitrogen and oxygen atoms in total. The maximum atomic E-state index is 12.2. The van der Waals surface area contributed by atoms with Gasteiger partial charge in [-0.05, 0) is 24.4 Å². The molecule has 1 aromatic carbocycles. The van der Waals surface area contributed by atoms with Crippen molar-refractivity contribution in [3.63, 3.8) is 0 Å². The fraction of sp³-hybridized carbons (Fsp3) is 0.273. The molecule has 0 aromatic heterocycles. The second-order valence-electron chi connectivity index (χ2n) is 3.79. The molecule has 1 rings (SSSR count). The fourth-order valence-electron chi connectivity index (χ4n) is 1.27. The Morgan fingerprint density at radius 1 is 1.33 bits per heavy atom. The van der Waals surface area contributed by atoms with Gasteiger partial charge < -0.3 is 21.1 Å². The monoisotopic (exact) mass is 373 g/mol. The first-order valence-corrected chi connectivity index (χ1v) is 7.06. The minimum Gasteiger partial charge on any atom is -0.506 e. The number of para-hydroxylation sites is 2. The van der Waals surface area contributed by atoms with Crippen LogP contribution in [0.25, 0.3) is 0 Å². The van der Waals surface area contributed by atoms with Crippen LogP contribution in [0.5, 0.6) is 5.75 Å². The zero-order chi connectivity index (χ0) is 16.0. The van der Waals surface area contributed by atoms with Crippen LogP contribution in [0.3, 0.4) is 0 Å². The number of rotatable bonds is 4. The van der Waals surface area contributed by atoms with E-state index < -0.39 is 22.5 Å². The number of thiocarbonyl (C=S) groups is 1. The second-order valence-corrected chi connectivity index (χ2v) is 6.57. The van der Waals surface area contributed by atoms with Crippen LogP contribution in [-0.2, 0) is 4.79 Å². The Kier molecular flexibility index (Phi) is 6.73. The van der Waals surface area contributed by atoms with E-state index in [4.69, 9.17) is 47.0 Å². The van der Waals surface area contributed by atoms with Crippen molar-refractivity contribution in [2.45, 2.75) is 9.96 Å². The molecule has 0 radical (unpaired) electrons. The van der Waals surface area contributed by atoms with Crippen LogP contribution in [0.4, 0.5) is 10.1 Å². The maximum absolute atomic E-state index is 12.2. The van der Waals surface area contributed by atoms with E-state index >= 15 is 0 Å². The Hall–Kier alpha value is -1.02. The fourth-order valence-corrected chi connectivity index (χ4v) is 1.82. The number of anilines is 1. The summed E-state index contributed by atoms with van der Waals surface area (Å²) in [5.41, 5.74) is 0.315. The predicted molar refractivity (Wildman–Crippen MR) is 85.7 cm³/mol. The molecule has 0 spiro atoms. The Morgan fingerprint density at radius 3 is 2.48 bits per heavy atom. The lowest BCUT2D eigenvalue weighted by atomic mass is 10.3. The standard InChI is InChI=1S/C11H11Cl3FN3O2S/c12-11(13,14)9(17-8(20)5-15)18-10(21)16-6-3-1-2-4-7(6)19/h1-4,9,19H,5H2,(H,17,20)(H2,16,18,21)/t9-/m0/s1. The van der Waals surface area contributed by atoms with E-state index in [0.29, 0.717) is 5.69 Å². The number of phenolic OH excluding ortho intramolecular Hbond substituents is 1. The van der Waals surface area contributed by atoms with E-state index in [1.165, 1.54) is 6.07 Å². The lowest BCUT2D eigenvalue weighted by Gasteiger charge is -2.27. The Balaban J connectivity index is 2.73. The molecule has 1 atom stereocenters. The number of benzene rings is 1. The number of hydrogen-bond donors (Lipinski definition) is 4. The largest absolute Gasteiger partial charge is 0.506 e. The van der Waals surface area contributed by atoms with Gasteiger partial charge in [-0.3, -0.25) is 4.79 Å². The van der Waals surface area contributed by atoms with E-state index in [-0.39, 0.29) is 10.9 Å². The number of halogens is 4. The molecule has 10 heteroatoms. The van der Waals surface area contributed by atoms with E-state index in [1.807, 2.05) is 0 Å². The summed E-state index contributed by atoms with van der Waals surface area (Å²) < 4.78 is 10.3. The van der Waals surface area contributed by atoms with Crippen LogP contribution in [0.15, 0.2) is 24.3 Å². The lowest BCUT2D eigenvalue weighted by Crippen LogP contribution is -2.56. The summed E-state index contributed by atoms with van der Waals surface area (Å²) in [5.74, 6) is -1.01. The van der Waals surface area contributed by atoms with Crippen LogP contribution in [-0.4, -0.2) is 32.8 Å². The molecular formula is C11H11Cl3FN3O2S. The molecular weight excluding hydrogens is 364 g/mol. The highest BCUT2D eigenvalue weighted by Gasteiger charge is 2.34. The molecule has 1 aromatic rings. The predicted octanol–water partition coefficient (Wildman–Crippen LogP) is 2.46. The molecule has 0 heterocycles. The molecule has 116 valence electrons. The van der Waals surface area contributed by atoms with Crippen molar-refractivity contribution in [2.24, 2.45) is 0 Å². The summed E-state index contributed by atoms with van der Waals surface area (Å²) >= 11 is 22.0. The Bertz CT molecular complexity index is 528. The summed E-state index contributed by atoms with van der Waals surface area (Å²) in [4.78, 5) is 11.1. The number of carbonyl (C=O) groups excluding carboxylic acids is 1. The average Bonchev–Trinajstić information content (AvgIpc) is 2.39. The number of aromatic hydroxyl groups is 1. The van der Waals surface area contributed by atoms with Gasteiger partial charge >= 0.3 is 0 Å². The number of carbonyl (C=O) groups is 1. The van der Waals surface area contributed by atoms with Crippen molar-refractivity contribution in [1.29, 1.82) is 0 Å². The average molecular weight is 375 g/mol. The van der Waals surface area contributed by atoms with Crippen molar-refractivity contribution in [1.82, 2.24) is 10.6 Å². The molecule has 21 heavy (non-hydrogen) atoms. The van der Waals surface area contributed by atoms with E-state index in [0.717, 1.165) is 0 Å². The maximum Gasteiger partial charge on any atom is 0.253 e. The molecule has 0 fully saturated rings. The molecule has 1 amide bonds. The minimum absolute atomic E-state index is 0.0352. The van der Waals surface area contributed by atoms with Gasteiger partial charge in [-0.15, -0.1) is 0 Å². The minimum atomic E-state index is -1.96. The number of hydrogen-bond acceptors (Lipinski definition) is 3. The molecule has 0 aliphatic carbocycles. The zero-order valence-corrected chi connectivity index (χ0v) is 13.5. The van der Waals surface area contributed by atoms with Crippen LogP contribution in [0.1, 0.15) is 0 Å². The van der Waals surface area contributed by atoms with Gasteiger partial charge in [-0.1, -0.05) is 46.9 Å². The number of amides is 1. The van der Waals surface area contributed by atoms with Gasteiger partial charge in [0.25, 0.3) is 5.91 Å². The SMILES string of the molecule is O=C(CF)N[C@@H](NC(=S)Nc1ccccc1O)C(Cl)(Cl)Cl. The first kappa shape index (κ1) is 18.0. The third kappa shape index (κ3) is 6.09. The van der Waals surface area contributed by atoms with Gasteiger partial charge in [0.2, 0.25) is 3.79 Å². The van der Waals surface area contributed by atoms with E-state index in [1.54, 1.807) is 18.2 Å². The summed E-state index contributed by atoms with van der Waals surface area (Å²) in [6.07, 6.45) is -1.25. The quantitative estimate of drug-likeness (QED) is 0.282. The smallest absolute Gasteiger partial charge is 0.253 e. The van der Waals surface area contributed by atoms with E-state index in [2.05, 4.69) is 16.0 Å². The molecule has 0 bridgehead atoms. The molecule has 0 aliphatic heterocycles. The van der Waals surface area contributed by atoms with Gasteiger partial charge in [0.15, 0.2) is 11.8 Å². The first-order valence-electron chi connectivity index (χ1n) is 5.51. The number of nitrogens with one attached hydrogen (secondary N) is 3. The summed E-state index contributed by atoms with van der Waals surface area (Å²) in [6.45, 7) is -1.27. The van der Waals surface area contributed by atoms with Gasteiger partial charge in [0.05, 0.1) is 5.69 Å². The van der Waals surface area contributed by atoms with Gasteiger partial charge in [-0.25, -0.2) is 4.39 Å². The third-order valence-corrected chi connectivity index (χ3v) is 3.06. The highest BCUT2D eigenvalue weighted by Crippen LogP contribution is 2.29. The van der Waals surface area contributed by atoms with Crippen LogP contribution in [0.2, 0.25) is 0 Å². The lowest BCUT2D eigenvalue weighted by molar-refractivity contribution is -0.122. The molecule has 0 unspecified atom stereocenters. The number of alkyl halides is 4. The topological polar surface area (TPSA) is 73.4 Å². The highest BCUT2D eigenvalue weighted by molar-refractivity contribution is 7.80. The third-order valence-electron chi connectivity index (χ3n) is 2.18. The second kappa shape index (κ2) is 7.84. The van der Waals surface area contributed by atoms with Crippen molar-refractivity contribution in [3.8, 4) is 5.75 Å². The van der Waals surface area contributed by atoms with Gasteiger partial charge in [0.1, 0.15) is 11.9 Å². The summed E-state index contributed by atoms with van der Waals surface area (Å²) in [7, 11) is 0. The normalized spacial score (nSPS) is 12.4. The van der Waals surface area contributed by atoms with Gasteiger partial charge in [-0.2, -0.15) is 0 Å². The van der Waals surface area contributed by atoms with Crippen LogP contribution < -0.4 is 16.0 Å². The Morgan fingerprint density at radius 2 is 1.95 bits per heavy atom. The molecule has 4 N–H and O–H groups in total. The van der Waals surface area contributed by atoms with Crippen molar-refractivity contribution >= 4 is 63.7 Å². The molecule has 0 saturated heterocycles. The number of phenols is 1. The van der Waals surface area contributed by atoms with E-state index in [9.17, 15) is 14.3 Å². The first-order chi connectivity index (χ1) is 9.74. The van der Waals surface area contributed by atoms with Gasteiger partial charge in [0, 0.05) is 0 Å². The Labute approximate surface area is 140 Å².